The highest BCUT2D eigenvalue weighted by Crippen LogP contribution is 2.30. The second-order valence-corrected chi connectivity index (χ2v) is 7.15. The molecule has 0 radical (unpaired) electrons. The Hall–Kier alpha value is -1.57. The summed E-state index contributed by atoms with van der Waals surface area (Å²) in [5, 5.41) is 11.8. The van der Waals surface area contributed by atoms with Gasteiger partial charge < -0.3 is 15.4 Å². The highest BCUT2D eigenvalue weighted by atomic mass is 35.5. The quantitative estimate of drug-likeness (QED) is 0.733. The number of fused-ring (bicyclic) bond motifs is 1. The van der Waals surface area contributed by atoms with Gasteiger partial charge in [-0.2, -0.15) is 0 Å². The molecule has 28 heavy (non-hydrogen) atoms. The fourth-order valence-corrected chi connectivity index (χ4v) is 3.79. The van der Waals surface area contributed by atoms with Crippen molar-refractivity contribution in [2.75, 3.05) is 26.7 Å². The standard InChI is InChI=1S/C19H29N5O2.2ClH/c1-12-15(7-8-16(25)21-11-14-6-5-9-20-10-14)13(2)22-18-17(12)19(26-4)23-24(18)3;;/h14,20H,5-11H2,1-4H3,(H,21,25);2*1H. The van der Waals surface area contributed by atoms with Gasteiger partial charge in [0.2, 0.25) is 11.8 Å². The molecule has 0 aromatic carbocycles. The molecule has 3 heterocycles. The maximum Gasteiger partial charge on any atom is 0.242 e. The molecule has 9 heteroatoms. The van der Waals surface area contributed by atoms with Crippen molar-refractivity contribution in [3.63, 3.8) is 0 Å². The highest BCUT2D eigenvalue weighted by Gasteiger charge is 2.19. The van der Waals surface area contributed by atoms with Crippen LogP contribution in [0.1, 0.15) is 36.1 Å². The topological polar surface area (TPSA) is 81.1 Å². The van der Waals surface area contributed by atoms with E-state index in [2.05, 4.69) is 27.6 Å². The predicted octanol–water partition coefficient (Wildman–Crippen LogP) is 2.49. The molecule has 158 valence electrons. The third-order valence-electron chi connectivity index (χ3n) is 5.31. The fraction of sp³-hybridized carbons (Fsp3) is 0.632. The number of ether oxygens (including phenoxy) is 1. The van der Waals surface area contributed by atoms with Crippen LogP contribution in [0.2, 0.25) is 0 Å². The number of hydrogen-bond donors (Lipinski definition) is 2. The SMILES string of the molecule is COc1nn(C)c2nc(C)c(CCC(=O)NCC3CCCNC3)c(C)c12.Cl.Cl. The second kappa shape index (κ2) is 10.8. The van der Waals surface area contributed by atoms with E-state index in [4.69, 9.17) is 4.74 Å². The van der Waals surface area contributed by atoms with E-state index in [9.17, 15) is 4.79 Å². The Morgan fingerprint density at radius 1 is 1.36 bits per heavy atom. The molecule has 1 aliphatic rings. The van der Waals surface area contributed by atoms with Gasteiger partial charge in [-0.3, -0.25) is 4.79 Å². The molecule has 1 amide bonds. The number of aromatic nitrogens is 3. The molecule has 0 bridgehead atoms. The number of nitrogens with one attached hydrogen (secondary N) is 2. The van der Waals surface area contributed by atoms with E-state index in [0.29, 0.717) is 24.6 Å². The molecule has 7 nitrogen and oxygen atoms in total. The van der Waals surface area contributed by atoms with Gasteiger partial charge in [0.25, 0.3) is 0 Å². The summed E-state index contributed by atoms with van der Waals surface area (Å²) >= 11 is 0. The third-order valence-corrected chi connectivity index (χ3v) is 5.31. The van der Waals surface area contributed by atoms with Crippen molar-refractivity contribution >= 4 is 41.8 Å². The van der Waals surface area contributed by atoms with Crippen molar-refractivity contribution in [2.45, 2.75) is 39.5 Å². The van der Waals surface area contributed by atoms with Gasteiger partial charge in [-0.15, -0.1) is 29.9 Å². The van der Waals surface area contributed by atoms with Crippen LogP contribution in [0.25, 0.3) is 11.0 Å². The number of rotatable bonds is 6. The van der Waals surface area contributed by atoms with Crippen LogP contribution in [-0.4, -0.2) is 47.4 Å². The Morgan fingerprint density at radius 2 is 2.11 bits per heavy atom. The zero-order valence-electron chi connectivity index (χ0n) is 17.0. The van der Waals surface area contributed by atoms with Crippen LogP contribution in [-0.2, 0) is 18.3 Å². The van der Waals surface area contributed by atoms with E-state index in [1.807, 2.05) is 14.0 Å². The predicted molar refractivity (Wildman–Crippen MR) is 116 cm³/mol. The summed E-state index contributed by atoms with van der Waals surface area (Å²) in [6.45, 7) is 6.91. The lowest BCUT2D eigenvalue weighted by molar-refractivity contribution is -0.121. The lowest BCUT2D eigenvalue weighted by Crippen LogP contribution is -2.38. The first-order valence-corrected chi connectivity index (χ1v) is 9.35. The zero-order valence-corrected chi connectivity index (χ0v) is 18.6. The first-order chi connectivity index (χ1) is 12.5. The van der Waals surface area contributed by atoms with Crippen LogP contribution < -0.4 is 15.4 Å². The van der Waals surface area contributed by atoms with Gasteiger partial charge in [0.1, 0.15) is 0 Å². The Labute approximate surface area is 178 Å². The van der Waals surface area contributed by atoms with E-state index in [0.717, 1.165) is 47.5 Å². The Morgan fingerprint density at radius 3 is 2.75 bits per heavy atom. The molecule has 2 aromatic rings. The summed E-state index contributed by atoms with van der Waals surface area (Å²) in [5.41, 5.74) is 3.97. The van der Waals surface area contributed by atoms with E-state index < -0.39 is 0 Å². The maximum atomic E-state index is 12.3. The number of methoxy groups -OCH3 is 1. The monoisotopic (exact) mass is 431 g/mol. The summed E-state index contributed by atoms with van der Waals surface area (Å²) in [7, 11) is 3.48. The summed E-state index contributed by atoms with van der Waals surface area (Å²) in [5.74, 6) is 1.24. The Kier molecular flexibility index (Phi) is 9.47. The first-order valence-electron chi connectivity index (χ1n) is 9.35. The van der Waals surface area contributed by atoms with Crippen molar-refractivity contribution in [3.05, 3.63) is 16.8 Å². The van der Waals surface area contributed by atoms with Crippen LogP contribution >= 0.6 is 24.8 Å². The van der Waals surface area contributed by atoms with Gasteiger partial charge in [-0.25, -0.2) is 9.67 Å². The molecule has 2 N–H and O–H groups in total. The van der Waals surface area contributed by atoms with E-state index in [1.165, 1.54) is 12.8 Å². The molecule has 1 saturated heterocycles. The molecule has 1 atom stereocenters. The number of nitrogens with zero attached hydrogens (tertiary/aromatic N) is 3. The molecule has 1 unspecified atom stereocenters. The summed E-state index contributed by atoms with van der Waals surface area (Å²) in [6.07, 6.45) is 3.52. The van der Waals surface area contributed by atoms with Gasteiger partial charge >= 0.3 is 0 Å². The van der Waals surface area contributed by atoms with Gasteiger partial charge in [-0.1, -0.05) is 0 Å². The second-order valence-electron chi connectivity index (χ2n) is 7.15. The van der Waals surface area contributed by atoms with Crippen molar-refractivity contribution in [1.29, 1.82) is 0 Å². The van der Waals surface area contributed by atoms with Crippen LogP contribution in [0.4, 0.5) is 0 Å². The molecule has 0 spiro atoms. The van der Waals surface area contributed by atoms with Gasteiger partial charge in [0.15, 0.2) is 5.65 Å². The summed E-state index contributed by atoms with van der Waals surface area (Å²) in [4.78, 5) is 17.0. The minimum atomic E-state index is 0. The number of halogens is 2. The normalized spacial score (nSPS) is 16.2. The molecule has 0 saturated carbocycles. The van der Waals surface area contributed by atoms with Crippen LogP contribution in [0.15, 0.2) is 0 Å². The van der Waals surface area contributed by atoms with E-state index in [-0.39, 0.29) is 30.7 Å². The van der Waals surface area contributed by atoms with Crippen LogP contribution in [0.3, 0.4) is 0 Å². The van der Waals surface area contributed by atoms with Crippen molar-refractivity contribution in [3.8, 4) is 5.88 Å². The van der Waals surface area contributed by atoms with Gasteiger partial charge in [0.05, 0.1) is 12.5 Å². The molecular weight excluding hydrogens is 401 g/mol. The smallest absolute Gasteiger partial charge is 0.242 e. The third kappa shape index (κ3) is 5.27. The van der Waals surface area contributed by atoms with Gasteiger partial charge in [-0.05, 0) is 63.2 Å². The number of carbonyl (C=O) groups is 1. The molecule has 1 fully saturated rings. The van der Waals surface area contributed by atoms with E-state index in [1.54, 1.807) is 11.8 Å². The Bertz CT molecular complexity index is 803. The number of hydrogen-bond acceptors (Lipinski definition) is 5. The van der Waals surface area contributed by atoms with Crippen LogP contribution in [0, 0.1) is 19.8 Å². The highest BCUT2D eigenvalue weighted by molar-refractivity contribution is 5.86. The summed E-state index contributed by atoms with van der Waals surface area (Å²) in [6, 6.07) is 0. The zero-order chi connectivity index (χ0) is 18.7. The van der Waals surface area contributed by atoms with Crippen molar-refractivity contribution in [2.24, 2.45) is 13.0 Å². The minimum Gasteiger partial charge on any atom is -0.479 e. The average Bonchev–Trinajstić information content (AvgIpc) is 2.96. The minimum absolute atomic E-state index is 0. The molecule has 0 aliphatic carbocycles. The lowest BCUT2D eigenvalue weighted by Gasteiger charge is -2.22. The number of piperidine rings is 1. The number of pyridine rings is 1. The number of aryl methyl sites for hydroxylation is 3. The maximum absolute atomic E-state index is 12.3. The molecule has 3 rings (SSSR count). The summed E-state index contributed by atoms with van der Waals surface area (Å²) < 4.78 is 7.14. The van der Waals surface area contributed by atoms with Crippen molar-refractivity contribution < 1.29 is 9.53 Å². The molecule has 2 aromatic heterocycles. The number of amides is 1. The largest absolute Gasteiger partial charge is 0.479 e. The molecule has 1 aliphatic heterocycles. The average molecular weight is 432 g/mol. The van der Waals surface area contributed by atoms with E-state index >= 15 is 0 Å². The number of carbonyl (C=O) groups excluding carboxylic acids is 1. The first kappa shape index (κ1) is 24.5. The lowest BCUT2D eigenvalue weighted by atomic mass is 9.99. The Balaban J connectivity index is 0.00000196. The van der Waals surface area contributed by atoms with Crippen LogP contribution in [0.5, 0.6) is 5.88 Å². The van der Waals surface area contributed by atoms with Gasteiger partial charge in [0, 0.05) is 25.7 Å². The molecular formula is C19H31Cl2N5O2. The fourth-order valence-electron chi connectivity index (χ4n) is 3.79. The van der Waals surface area contributed by atoms with Crippen molar-refractivity contribution in [1.82, 2.24) is 25.4 Å².